The third kappa shape index (κ3) is 5.60. The minimum Gasteiger partial charge on any atom is -0.488 e. The zero-order chi connectivity index (χ0) is 17.4. The van der Waals surface area contributed by atoms with Gasteiger partial charge in [0.15, 0.2) is 11.6 Å². The van der Waals surface area contributed by atoms with E-state index in [0.717, 1.165) is 11.1 Å². The summed E-state index contributed by atoms with van der Waals surface area (Å²) in [5.41, 5.74) is 1.87. The van der Waals surface area contributed by atoms with E-state index in [-0.39, 0.29) is 25.0 Å². The summed E-state index contributed by atoms with van der Waals surface area (Å²) in [6.07, 6.45) is -0.816. The first-order valence-corrected chi connectivity index (χ1v) is 7.99. The Morgan fingerprint density at radius 2 is 1.88 bits per heavy atom. The molecule has 24 heavy (non-hydrogen) atoms. The molecule has 0 saturated carbocycles. The molecule has 2 atom stereocenters. The first-order valence-electron chi connectivity index (χ1n) is 7.99. The predicted molar refractivity (Wildman–Crippen MR) is 91.5 cm³/mol. The van der Waals surface area contributed by atoms with Gasteiger partial charge < -0.3 is 19.9 Å². The standard InChI is InChI=1S/C19H24FNO3/c1-14(21-2)16-8-9-19(18(20)10-16)24-13-17(22)12-23-11-15-6-4-3-5-7-15/h3-10,14,17,21-22H,11-13H2,1-2H3. The molecule has 5 heteroatoms. The van der Waals surface area contributed by atoms with Crippen molar-refractivity contribution in [3.8, 4) is 5.75 Å². The highest BCUT2D eigenvalue weighted by Gasteiger charge is 2.11. The molecule has 0 aliphatic carbocycles. The van der Waals surface area contributed by atoms with E-state index in [4.69, 9.17) is 9.47 Å². The van der Waals surface area contributed by atoms with E-state index in [1.165, 1.54) is 6.07 Å². The fourth-order valence-electron chi connectivity index (χ4n) is 2.19. The summed E-state index contributed by atoms with van der Waals surface area (Å²) in [6.45, 7) is 2.48. The van der Waals surface area contributed by atoms with Crippen molar-refractivity contribution in [2.75, 3.05) is 20.3 Å². The highest BCUT2D eigenvalue weighted by Crippen LogP contribution is 2.22. The molecule has 0 saturated heterocycles. The first-order chi connectivity index (χ1) is 11.6. The van der Waals surface area contributed by atoms with Gasteiger partial charge in [-0.3, -0.25) is 0 Å². The van der Waals surface area contributed by atoms with Gasteiger partial charge >= 0.3 is 0 Å². The second-order valence-corrected chi connectivity index (χ2v) is 5.67. The molecular formula is C19H24FNO3. The molecule has 4 nitrogen and oxygen atoms in total. The molecule has 0 aliphatic rings. The van der Waals surface area contributed by atoms with E-state index >= 15 is 0 Å². The lowest BCUT2D eigenvalue weighted by Crippen LogP contribution is -2.23. The van der Waals surface area contributed by atoms with Gasteiger partial charge in [-0.05, 0) is 37.2 Å². The summed E-state index contributed by atoms with van der Waals surface area (Å²) >= 11 is 0. The van der Waals surface area contributed by atoms with Crippen LogP contribution >= 0.6 is 0 Å². The van der Waals surface area contributed by atoms with Crippen molar-refractivity contribution in [3.63, 3.8) is 0 Å². The van der Waals surface area contributed by atoms with Crippen LogP contribution in [0.4, 0.5) is 4.39 Å². The molecular weight excluding hydrogens is 309 g/mol. The Morgan fingerprint density at radius 1 is 1.12 bits per heavy atom. The maximum atomic E-state index is 14.0. The van der Waals surface area contributed by atoms with E-state index in [9.17, 15) is 9.50 Å². The van der Waals surface area contributed by atoms with E-state index in [2.05, 4.69) is 5.32 Å². The van der Waals surface area contributed by atoms with Crippen LogP contribution in [0, 0.1) is 5.82 Å². The molecule has 2 aromatic carbocycles. The molecule has 130 valence electrons. The molecule has 0 fully saturated rings. The maximum absolute atomic E-state index is 14.0. The second-order valence-electron chi connectivity index (χ2n) is 5.67. The smallest absolute Gasteiger partial charge is 0.165 e. The van der Waals surface area contributed by atoms with Gasteiger partial charge in [0.05, 0.1) is 13.2 Å². The Morgan fingerprint density at radius 3 is 2.54 bits per heavy atom. The second kappa shape index (κ2) is 9.37. The highest BCUT2D eigenvalue weighted by molar-refractivity contribution is 5.30. The van der Waals surface area contributed by atoms with Gasteiger partial charge in [-0.25, -0.2) is 4.39 Å². The molecule has 0 bridgehead atoms. The van der Waals surface area contributed by atoms with Crippen LogP contribution in [-0.4, -0.2) is 31.5 Å². The predicted octanol–water partition coefficient (Wildman–Crippen LogP) is 3.06. The van der Waals surface area contributed by atoms with Crippen LogP contribution in [0.2, 0.25) is 0 Å². The molecule has 2 rings (SSSR count). The topological polar surface area (TPSA) is 50.7 Å². The number of hydrogen-bond acceptors (Lipinski definition) is 4. The minimum atomic E-state index is -0.816. The van der Waals surface area contributed by atoms with Crippen LogP contribution in [-0.2, 0) is 11.3 Å². The largest absolute Gasteiger partial charge is 0.488 e. The molecule has 2 aromatic rings. The first kappa shape index (κ1) is 18.4. The van der Waals surface area contributed by atoms with E-state index in [1.54, 1.807) is 12.1 Å². The molecule has 0 amide bonds. The Hall–Kier alpha value is -1.95. The average molecular weight is 333 g/mol. The number of benzene rings is 2. The van der Waals surface area contributed by atoms with Gasteiger partial charge in [0.1, 0.15) is 12.7 Å². The third-order valence-corrected chi connectivity index (χ3v) is 3.74. The van der Waals surface area contributed by atoms with Crippen LogP contribution in [0.1, 0.15) is 24.1 Å². The van der Waals surface area contributed by atoms with Crippen LogP contribution in [0.15, 0.2) is 48.5 Å². The summed E-state index contributed by atoms with van der Waals surface area (Å²) in [6, 6.07) is 14.6. The quantitative estimate of drug-likeness (QED) is 0.740. The molecule has 0 aliphatic heterocycles. The lowest BCUT2D eigenvalue weighted by atomic mass is 10.1. The molecule has 2 unspecified atom stereocenters. The maximum Gasteiger partial charge on any atom is 0.165 e. The number of halogens is 1. The normalized spacial score (nSPS) is 13.5. The van der Waals surface area contributed by atoms with Crippen molar-refractivity contribution in [1.82, 2.24) is 5.32 Å². The number of ether oxygens (including phenoxy) is 2. The van der Waals surface area contributed by atoms with Gasteiger partial charge in [0.2, 0.25) is 0 Å². The highest BCUT2D eigenvalue weighted by atomic mass is 19.1. The van der Waals surface area contributed by atoms with Gasteiger partial charge in [-0.15, -0.1) is 0 Å². The van der Waals surface area contributed by atoms with Crippen LogP contribution in [0.25, 0.3) is 0 Å². The summed E-state index contributed by atoms with van der Waals surface area (Å²) < 4.78 is 24.8. The van der Waals surface area contributed by atoms with Crippen LogP contribution in [0.3, 0.4) is 0 Å². The monoisotopic (exact) mass is 333 g/mol. The SMILES string of the molecule is CNC(C)c1ccc(OCC(O)COCc2ccccc2)c(F)c1. The molecule has 0 spiro atoms. The van der Waals surface area contributed by atoms with Crippen molar-refractivity contribution >= 4 is 0 Å². The molecule has 0 heterocycles. The Kier molecular flexibility index (Phi) is 7.18. The van der Waals surface area contributed by atoms with Crippen LogP contribution in [0.5, 0.6) is 5.75 Å². The Balaban J connectivity index is 1.76. The Bertz CT molecular complexity index is 621. The lowest BCUT2D eigenvalue weighted by Gasteiger charge is -2.15. The number of nitrogens with one attached hydrogen (secondary N) is 1. The molecule has 2 N–H and O–H groups in total. The van der Waals surface area contributed by atoms with Crippen molar-refractivity contribution in [2.24, 2.45) is 0 Å². The minimum absolute atomic E-state index is 0.0212. The van der Waals surface area contributed by atoms with Crippen LogP contribution < -0.4 is 10.1 Å². The Labute approximate surface area is 142 Å². The van der Waals surface area contributed by atoms with E-state index < -0.39 is 11.9 Å². The van der Waals surface area contributed by atoms with Crippen molar-refractivity contribution < 1.29 is 19.0 Å². The summed E-state index contributed by atoms with van der Waals surface area (Å²) in [4.78, 5) is 0. The molecule has 0 radical (unpaired) electrons. The number of rotatable bonds is 9. The zero-order valence-corrected chi connectivity index (χ0v) is 14.0. The third-order valence-electron chi connectivity index (χ3n) is 3.74. The van der Waals surface area contributed by atoms with Gasteiger partial charge in [0.25, 0.3) is 0 Å². The zero-order valence-electron chi connectivity index (χ0n) is 14.0. The van der Waals surface area contributed by atoms with Gasteiger partial charge in [0, 0.05) is 6.04 Å². The van der Waals surface area contributed by atoms with E-state index in [0.29, 0.717) is 6.61 Å². The average Bonchev–Trinajstić information content (AvgIpc) is 2.61. The summed E-state index contributed by atoms with van der Waals surface area (Å²) in [5.74, 6) is -0.309. The van der Waals surface area contributed by atoms with Gasteiger partial charge in [-0.1, -0.05) is 36.4 Å². The lowest BCUT2D eigenvalue weighted by molar-refractivity contribution is 0.00484. The number of aliphatic hydroxyl groups is 1. The number of aliphatic hydroxyl groups excluding tert-OH is 1. The van der Waals surface area contributed by atoms with Gasteiger partial charge in [-0.2, -0.15) is 0 Å². The summed E-state index contributed by atoms with van der Waals surface area (Å²) in [5, 5.41) is 12.9. The van der Waals surface area contributed by atoms with Crippen molar-refractivity contribution in [3.05, 3.63) is 65.5 Å². The van der Waals surface area contributed by atoms with Crippen molar-refractivity contribution in [1.29, 1.82) is 0 Å². The van der Waals surface area contributed by atoms with E-state index in [1.807, 2.05) is 44.3 Å². The van der Waals surface area contributed by atoms with Crippen molar-refractivity contribution in [2.45, 2.75) is 25.7 Å². The molecule has 0 aromatic heterocycles. The fraction of sp³-hybridized carbons (Fsp3) is 0.368. The summed E-state index contributed by atoms with van der Waals surface area (Å²) in [7, 11) is 1.82. The number of hydrogen-bond donors (Lipinski definition) is 2. The fourth-order valence-corrected chi connectivity index (χ4v) is 2.19.